The molecule has 6 heteroatoms. The Labute approximate surface area is 122 Å². The number of nitrogens with zero attached hydrogens (tertiary/aromatic N) is 4. The van der Waals surface area contributed by atoms with Crippen LogP contribution in [0.2, 0.25) is 0 Å². The maximum atomic E-state index is 12.3. The monoisotopic (exact) mass is 283 g/mol. The van der Waals surface area contributed by atoms with Crippen LogP contribution >= 0.6 is 0 Å². The van der Waals surface area contributed by atoms with Gasteiger partial charge < -0.3 is 9.88 Å². The van der Waals surface area contributed by atoms with E-state index >= 15 is 0 Å². The molecule has 1 N–H and O–H groups in total. The predicted molar refractivity (Wildman–Crippen MR) is 81.6 cm³/mol. The fourth-order valence-electron chi connectivity index (χ4n) is 2.18. The summed E-state index contributed by atoms with van der Waals surface area (Å²) in [6.07, 6.45) is 6.17. The predicted octanol–water partition coefficient (Wildman–Crippen LogP) is 1.76. The highest BCUT2D eigenvalue weighted by Crippen LogP contribution is 2.06. The van der Waals surface area contributed by atoms with Crippen molar-refractivity contribution >= 4 is 11.3 Å². The molecule has 0 amide bonds. The summed E-state index contributed by atoms with van der Waals surface area (Å²) in [6.45, 7) is 3.44. The second-order valence-electron chi connectivity index (χ2n) is 4.83. The molecule has 0 unspecified atom stereocenters. The number of rotatable bonds is 5. The molecule has 3 rings (SSSR count). The zero-order chi connectivity index (χ0) is 14.7. The van der Waals surface area contributed by atoms with Gasteiger partial charge in [0.25, 0.3) is 5.56 Å². The van der Waals surface area contributed by atoms with E-state index in [1.54, 1.807) is 33.7 Å². The highest BCUT2D eigenvalue weighted by atomic mass is 16.1. The zero-order valence-corrected chi connectivity index (χ0v) is 11.9. The Morgan fingerprint density at radius 1 is 1.24 bits per heavy atom. The zero-order valence-electron chi connectivity index (χ0n) is 11.9. The third-order valence-corrected chi connectivity index (χ3v) is 3.23. The second kappa shape index (κ2) is 5.78. The Morgan fingerprint density at radius 2 is 2.14 bits per heavy atom. The number of anilines is 1. The smallest absolute Gasteiger partial charge is 0.276 e. The molecule has 0 aliphatic heterocycles. The lowest BCUT2D eigenvalue weighted by Crippen LogP contribution is -2.22. The van der Waals surface area contributed by atoms with Crippen LogP contribution in [0.15, 0.2) is 47.7 Å². The molecule has 0 spiro atoms. The van der Waals surface area contributed by atoms with Crippen LogP contribution in [0.1, 0.15) is 19.0 Å². The van der Waals surface area contributed by atoms with Gasteiger partial charge in [-0.25, -0.2) is 9.50 Å². The van der Waals surface area contributed by atoms with Gasteiger partial charge in [0.15, 0.2) is 0 Å². The first-order valence-corrected chi connectivity index (χ1v) is 7.00. The second-order valence-corrected chi connectivity index (χ2v) is 4.83. The molecule has 3 aromatic rings. The molecule has 0 saturated carbocycles. The summed E-state index contributed by atoms with van der Waals surface area (Å²) in [5.74, 6) is 0.841. The molecular formula is C15H17N5O. The van der Waals surface area contributed by atoms with Gasteiger partial charge in [-0.3, -0.25) is 4.79 Å². The lowest BCUT2D eigenvalue weighted by atomic mass is 10.3. The summed E-state index contributed by atoms with van der Waals surface area (Å²) in [7, 11) is 0. The van der Waals surface area contributed by atoms with Gasteiger partial charge in [-0.05, 0) is 24.6 Å². The van der Waals surface area contributed by atoms with Gasteiger partial charge in [-0.15, -0.1) is 0 Å². The van der Waals surface area contributed by atoms with Crippen molar-refractivity contribution in [2.75, 3.05) is 11.9 Å². The SMILES string of the molecule is CCCNc1cccc(Cn2ccn3nccc3c2=O)n1. The molecule has 0 aliphatic rings. The number of aromatic nitrogens is 4. The Kier molecular flexibility index (Phi) is 3.68. The minimum Gasteiger partial charge on any atom is -0.370 e. The van der Waals surface area contributed by atoms with Gasteiger partial charge in [0.2, 0.25) is 0 Å². The van der Waals surface area contributed by atoms with Crippen LogP contribution in [0.5, 0.6) is 0 Å². The lowest BCUT2D eigenvalue weighted by Gasteiger charge is -2.08. The maximum Gasteiger partial charge on any atom is 0.276 e. The quantitative estimate of drug-likeness (QED) is 0.775. The van der Waals surface area contributed by atoms with Crippen LogP contribution < -0.4 is 10.9 Å². The van der Waals surface area contributed by atoms with Crippen molar-refractivity contribution in [1.29, 1.82) is 0 Å². The van der Waals surface area contributed by atoms with E-state index in [0.29, 0.717) is 12.1 Å². The first-order valence-electron chi connectivity index (χ1n) is 7.00. The summed E-state index contributed by atoms with van der Waals surface area (Å²) in [6, 6.07) is 7.51. The molecule has 0 saturated heterocycles. The molecule has 6 nitrogen and oxygen atoms in total. The summed E-state index contributed by atoms with van der Waals surface area (Å²) in [5, 5.41) is 7.30. The summed E-state index contributed by atoms with van der Waals surface area (Å²) in [4.78, 5) is 16.8. The molecule has 3 heterocycles. The fraction of sp³-hybridized carbons (Fsp3) is 0.267. The fourth-order valence-corrected chi connectivity index (χ4v) is 2.18. The normalized spacial score (nSPS) is 10.9. The van der Waals surface area contributed by atoms with Crippen molar-refractivity contribution < 1.29 is 0 Å². The van der Waals surface area contributed by atoms with Gasteiger partial charge in [0, 0.05) is 18.9 Å². The molecule has 0 radical (unpaired) electrons. The van der Waals surface area contributed by atoms with Gasteiger partial charge in [-0.2, -0.15) is 5.10 Å². The van der Waals surface area contributed by atoms with E-state index in [1.807, 2.05) is 18.2 Å². The standard InChI is InChI=1S/C15H17N5O/c1-2-7-16-14-5-3-4-12(18-14)11-19-9-10-20-13(15(19)21)6-8-17-20/h3-6,8-10H,2,7,11H2,1H3,(H,16,18). The minimum atomic E-state index is -0.0660. The molecule has 0 atom stereocenters. The van der Waals surface area contributed by atoms with Crippen LogP contribution in [0.4, 0.5) is 5.82 Å². The van der Waals surface area contributed by atoms with Crippen LogP contribution in [-0.2, 0) is 6.54 Å². The summed E-state index contributed by atoms with van der Waals surface area (Å²) >= 11 is 0. The molecule has 0 bridgehead atoms. The van der Waals surface area contributed by atoms with Gasteiger partial charge >= 0.3 is 0 Å². The molecule has 0 aliphatic carbocycles. The molecular weight excluding hydrogens is 266 g/mol. The Morgan fingerprint density at radius 3 is 3.00 bits per heavy atom. The Balaban J connectivity index is 1.88. The molecule has 21 heavy (non-hydrogen) atoms. The van der Waals surface area contributed by atoms with Gasteiger partial charge in [-0.1, -0.05) is 13.0 Å². The van der Waals surface area contributed by atoms with Crippen molar-refractivity contribution in [3.8, 4) is 0 Å². The third kappa shape index (κ3) is 2.79. The van der Waals surface area contributed by atoms with E-state index in [9.17, 15) is 4.79 Å². The van der Waals surface area contributed by atoms with Crippen molar-refractivity contribution in [2.24, 2.45) is 0 Å². The maximum absolute atomic E-state index is 12.3. The topological polar surface area (TPSA) is 64.2 Å². The third-order valence-electron chi connectivity index (χ3n) is 3.23. The minimum absolute atomic E-state index is 0.0660. The Hall–Kier alpha value is -2.63. The van der Waals surface area contributed by atoms with E-state index in [4.69, 9.17) is 0 Å². The number of pyridine rings is 1. The average Bonchev–Trinajstić information content (AvgIpc) is 2.98. The lowest BCUT2D eigenvalue weighted by molar-refractivity contribution is 0.726. The average molecular weight is 283 g/mol. The van der Waals surface area contributed by atoms with Crippen LogP contribution in [0.3, 0.4) is 0 Å². The first-order chi connectivity index (χ1) is 10.3. The van der Waals surface area contributed by atoms with Crippen LogP contribution in [0.25, 0.3) is 5.52 Å². The van der Waals surface area contributed by atoms with E-state index in [-0.39, 0.29) is 5.56 Å². The van der Waals surface area contributed by atoms with Gasteiger partial charge in [0.05, 0.1) is 18.4 Å². The molecule has 108 valence electrons. The van der Waals surface area contributed by atoms with Crippen molar-refractivity contribution in [3.05, 3.63) is 58.9 Å². The molecule has 0 aromatic carbocycles. The van der Waals surface area contributed by atoms with Crippen molar-refractivity contribution in [2.45, 2.75) is 19.9 Å². The highest BCUT2D eigenvalue weighted by molar-refractivity contribution is 5.42. The van der Waals surface area contributed by atoms with Gasteiger partial charge in [0.1, 0.15) is 11.3 Å². The number of fused-ring (bicyclic) bond motifs is 1. The van der Waals surface area contributed by atoms with E-state index in [0.717, 1.165) is 24.5 Å². The largest absolute Gasteiger partial charge is 0.370 e. The first kappa shape index (κ1) is 13.4. The number of hydrogen-bond donors (Lipinski definition) is 1. The summed E-state index contributed by atoms with van der Waals surface area (Å²) < 4.78 is 3.22. The summed E-state index contributed by atoms with van der Waals surface area (Å²) in [5.41, 5.74) is 1.35. The van der Waals surface area contributed by atoms with E-state index in [1.165, 1.54) is 0 Å². The van der Waals surface area contributed by atoms with E-state index in [2.05, 4.69) is 22.3 Å². The van der Waals surface area contributed by atoms with Crippen LogP contribution in [0, 0.1) is 0 Å². The van der Waals surface area contributed by atoms with Crippen molar-refractivity contribution in [1.82, 2.24) is 19.2 Å². The number of nitrogens with one attached hydrogen (secondary N) is 1. The number of hydrogen-bond acceptors (Lipinski definition) is 4. The Bertz CT molecular complexity index is 805. The molecule has 0 fully saturated rings. The van der Waals surface area contributed by atoms with Crippen LogP contribution in [-0.4, -0.2) is 25.7 Å². The highest BCUT2D eigenvalue weighted by Gasteiger charge is 2.05. The molecule has 3 aromatic heterocycles. The van der Waals surface area contributed by atoms with Crippen molar-refractivity contribution in [3.63, 3.8) is 0 Å². The van der Waals surface area contributed by atoms with E-state index < -0.39 is 0 Å².